The molecule has 0 aliphatic rings. The van der Waals surface area contributed by atoms with Crippen molar-refractivity contribution in [3.63, 3.8) is 0 Å². The summed E-state index contributed by atoms with van der Waals surface area (Å²) in [6, 6.07) is 4.04. The number of fused-ring (bicyclic) bond motifs is 1. The van der Waals surface area contributed by atoms with E-state index in [9.17, 15) is 28.8 Å². The second-order valence-corrected chi connectivity index (χ2v) is 8.15. The number of rotatable bonds is 8. The predicted molar refractivity (Wildman–Crippen MR) is 138 cm³/mol. The van der Waals surface area contributed by atoms with Gasteiger partial charge >= 0.3 is 29.8 Å². The van der Waals surface area contributed by atoms with Gasteiger partial charge < -0.3 is 37.6 Å². The molecule has 0 saturated heterocycles. The Morgan fingerprint density at radius 1 is 0.585 bits per heavy atom. The standard InChI is InChI=1S/C27H24O14/c1-11(28)36-17-9-8-16(10-18(17)34-6)21-24(38-13(3)30)20(33)19-22(41-21)25(35-7)27(40-15(5)32)26(39-14(4)31)23(19)37-12(2)29/h8-10H,1-7H3. The van der Waals surface area contributed by atoms with Crippen LogP contribution in [0.15, 0.2) is 27.4 Å². The molecule has 2 aromatic carbocycles. The minimum atomic E-state index is -1.06. The largest absolute Gasteiger partial charge is 0.493 e. The molecule has 1 aromatic heterocycles. The number of ether oxygens (including phenoxy) is 7. The fraction of sp³-hybridized carbons (Fsp3) is 0.259. The number of carbonyl (C=O) groups is 5. The summed E-state index contributed by atoms with van der Waals surface area (Å²) in [6.45, 7) is 5.26. The predicted octanol–water partition coefficient (Wildman–Crippen LogP) is 3.10. The normalized spacial score (nSPS) is 10.4. The molecule has 0 amide bonds. The lowest BCUT2D eigenvalue weighted by atomic mass is 10.1. The lowest BCUT2D eigenvalue weighted by Gasteiger charge is -2.19. The topological polar surface area (TPSA) is 180 Å². The van der Waals surface area contributed by atoms with Crippen LogP contribution >= 0.6 is 0 Å². The fourth-order valence-corrected chi connectivity index (χ4v) is 3.68. The van der Waals surface area contributed by atoms with E-state index in [0.29, 0.717) is 0 Å². The number of benzene rings is 2. The van der Waals surface area contributed by atoms with Crippen molar-refractivity contribution in [3.8, 4) is 51.6 Å². The number of esters is 5. The molecule has 0 spiro atoms. The van der Waals surface area contributed by atoms with Gasteiger partial charge in [-0.05, 0) is 18.2 Å². The minimum absolute atomic E-state index is 0.0406. The van der Waals surface area contributed by atoms with Gasteiger partial charge in [0.15, 0.2) is 28.6 Å². The highest BCUT2D eigenvalue weighted by atomic mass is 16.6. The second-order valence-electron chi connectivity index (χ2n) is 8.15. The van der Waals surface area contributed by atoms with E-state index in [0.717, 1.165) is 34.8 Å². The molecule has 0 radical (unpaired) electrons. The Labute approximate surface area is 231 Å². The zero-order chi connectivity index (χ0) is 30.6. The quantitative estimate of drug-likeness (QED) is 0.284. The SMILES string of the molecule is COc1cc(-c2oc3c(OC)c(OC(C)=O)c(OC(C)=O)c(OC(C)=O)c3c(=O)c2OC(C)=O)ccc1OC(C)=O. The van der Waals surface area contributed by atoms with Crippen LogP contribution in [-0.4, -0.2) is 44.1 Å². The molecule has 0 aliphatic heterocycles. The van der Waals surface area contributed by atoms with Gasteiger partial charge in [-0.1, -0.05) is 0 Å². The van der Waals surface area contributed by atoms with Gasteiger partial charge in [0.05, 0.1) is 14.2 Å². The van der Waals surface area contributed by atoms with Gasteiger partial charge in [0.2, 0.25) is 28.4 Å². The summed E-state index contributed by atoms with van der Waals surface area (Å²) in [7, 11) is 2.44. The average molecular weight is 572 g/mol. The average Bonchev–Trinajstić information content (AvgIpc) is 2.86. The summed E-state index contributed by atoms with van der Waals surface area (Å²) in [4.78, 5) is 73.4. The zero-order valence-corrected chi connectivity index (χ0v) is 22.9. The van der Waals surface area contributed by atoms with E-state index in [1.165, 1.54) is 32.2 Å². The van der Waals surface area contributed by atoms with Crippen LogP contribution in [0.5, 0.6) is 40.2 Å². The van der Waals surface area contributed by atoms with E-state index >= 15 is 0 Å². The summed E-state index contributed by atoms with van der Waals surface area (Å²) >= 11 is 0. The third-order valence-electron chi connectivity index (χ3n) is 4.99. The number of methoxy groups -OCH3 is 2. The zero-order valence-electron chi connectivity index (χ0n) is 22.9. The molecule has 14 nitrogen and oxygen atoms in total. The van der Waals surface area contributed by atoms with E-state index in [1.807, 2.05) is 0 Å². The van der Waals surface area contributed by atoms with Crippen LogP contribution in [0, 0.1) is 0 Å². The first-order chi connectivity index (χ1) is 19.3. The molecule has 3 rings (SSSR count). The van der Waals surface area contributed by atoms with Gasteiger partial charge in [-0.15, -0.1) is 0 Å². The third kappa shape index (κ3) is 6.43. The van der Waals surface area contributed by atoms with Crippen molar-refractivity contribution in [2.24, 2.45) is 0 Å². The van der Waals surface area contributed by atoms with Crippen LogP contribution in [0.2, 0.25) is 0 Å². The lowest BCUT2D eigenvalue weighted by Crippen LogP contribution is -2.17. The summed E-state index contributed by atoms with van der Waals surface area (Å²) in [5, 5.41) is -0.548. The van der Waals surface area contributed by atoms with E-state index in [1.54, 1.807) is 0 Å². The summed E-state index contributed by atoms with van der Waals surface area (Å²) in [6.07, 6.45) is 0. The first-order valence-electron chi connectivity index (χ1n) is 11.6. The highest BCUT2D eigenvalue weighted by Gasteiger charge is 2.34. The Kier molecular flexibility index (Phi) is 8.97. The number of hydrogen-bond acceptors (Lipinski definition) is 14. The van der Waals surface area contributed by atoms with Crippen molar-refractivity contribution >= 4 is 40.8 Å². The third-order valence-corrected chi connectivity index (χ3v) is 4.99. The Hall–Kier alpha value is -5.40. The summed E-state index contributed by atoms with van der Waals surface area (Å²) in [5.74, 6) is -7.50. The molecule has 0 unspecified atom stereocenters. The van der Waals surface area contributed by atoms with Gasteiger partial charge in [0.1, 0.15) is 5.39 Å². The molecule has 0 fully saturated rings. The molecule has 1 heterocycles. The van der Waals surface area contributed by atoms with E-state index in [4.69, 9.17) is 37.6 Å². The second kappa shape index (κ2) is 12.2. The Balaban J connectivity index is 2.59. The van der Waals surface area contributed by atoms with Crippen LogP contribution in [-0.2, 0) is 24.0 Å². The maximum absolute atomic E-state index is 13.9. The molecule has 14 heteroatoms. The molecular formula is C27H24O14. The highest BCUT2D eigenvalue weighted by molar-refractivity contribution is 6.00. The van der Waals surface area contributed by atoms with Crippen LogP contribution in [0.4, 0.5) is 0 Å². The van der Waals surface area contributed by atoms with Crippen molar-refractivity contribution in [1.82, 2.24) is 0 Å². The van der Waals surface area contributed by atoms with E-state index in [-0.39, 0.29) is 22.8 Å². The number of hydrogen-bond donors (Lipinski definition) is 0. The van der Waals surface area contributed by atoms with Crippen molar-refractivity contribution in [2.45, 2.75) is 34.6 Å². The van der Waals surface area contributed by atoms with E-state index in [2.05, 4.69) is 0 Å². The molecule has 216 valence electrons. The smallest absolute Gasteiger partial charge is 0.308 e. The molecule has 0 N–H and O–H groups in total. The van der Waals surface area contributed by atoms with Gasteiger partial charge in [0, 0.05) is 40.2 Å². The van der Waals surface area contributed by atoms with E-state index < -0.39 is 75.0 Å². The first-order valence-corrected chi connectivity index (χ1v) is 11.6. The van der Waals surface area contributed by atoms with Crippen LogP contribution in [0.25, 0.3) is 22.3 Å². The van der Waals surface area contributed by atoms with Crippen LogP contribution in [0.3, 0.4) is 0 Å². The van der Waals surface area contributed by atoms with Gasteiger partial charge in [0.25, 0.3) is 0 Å². The minimum Gasteiger partial charge on any atom is -0.493 e. The Morgan fingerprint density at radius 2 is 1.07 bits per heavy atom. The lowest BCUT2D eigenvalue weighted by molar-refractivity contribution is -0.135. The maximum atomic E-state index is 13.9. The molecule has 3 aromatic rings. The Bertz CT molecular complexity index is 1650. The Morgan fingerprint density at radius 3 is 1.56 bits per heavy atom. The molecule has 41 heavy (non-hydrogen) atoms. The molecule has 0 aliphatic carbocycles. The fourth-order valence-electron chi connectivity index (χ4n) is 3.68. The molecule has 0 saturated carbocycles. The summed E-state index contributed by atoms with van der Waals surface area (Å²) < 4.78 is 42.6. The maximum Gasteiger partial charge on any atom is 0.308 e. The number of carbonyl (C=O) groups excluding carboxylic acids is 5. The first kappa shape index (κ1) is 30.1. The van der Waals surface area contributed by atoms with Gasteiger partial charge in [-0.2, -0.15) is 0 Å². The highest BCUT2D eigenvalue weighted by Crippen LogP contribution is 2.52. The molecule has 0 atom stereocenters. The van der Waals surface area contributed by atoms with Crippen molar-refractivity contribution in [1.29, 1.82) is 0 Å². The molecular weight excluding hydrogens is 548 g/mol. The van der Waals surface area contributed by atoms with Gasteiger partial charge in [-0.25, -0.2) is 0 Å². The van der Waals surface area contributed by atoms with Crippen molar-refractivity contribution in [2.75, 3.05) is 14.2 Å². The molecule has 0 bridgehead atoms. The summed E-state index contributed by atoms with van der Waals surface area (Å²) in [5.41, 5.74) is -1.39. The van der Waals surface area contributed by atoms with Gasteiger partial charge in [-0.3, -0.25) is 28.8 Å². The van der Waals surface area contributed by atoms with Crippen molar-refractivity contribution in [3.05, 3.63) is 28.4 Å². The van der Waals surface area contributed by atoms with Crippen LogP contribution < -0.4 is 38.6 Å². The monoisotopic (exact) mass is 572 g/mol. The van der Waals surface area contributed by atoms with Crippen LogP contribution in [0.1, 0.15) is 34.6 Å². The van der Waals surface area contributed by atoms with Crippen molar-refractivity contribution < 1.29 is 61.5 Å².